The Bertz CT molecular complexity index is 667. The molecule has 4 rings (SSSR count). The number of rotatable bonds is 1. The van der Waals surface area contributed by atoms with E-state index in [1.807, 2.05) is 0 Å². The maximum atomic E-state index is 12.6. The van der Waals surface area contributed by atoms with E-state index in [4.69, 9.17) is 0 Å². The van der Waals surface area contributed by atoms with Crippen molar-refractivity contribution in [1.82, 2.24) is 4.98 Å². The standard InChI is InChI=1S/C15H14IN3O3/c16-11-4-8-6-15(7-9(8)5-12(11)19(21)22)10-2-1-3-17-13(10)18-14(15)20/h3,8-9,11-12H,4-7H2,(H,17,18,20)/t8?,9-,11?,12?,15?/m1/s1. The smallest absolute Gasteiger partial charge is 0.237 e. The zero-order chi connectivity index (χ0) is 15.5. The first kappa shape index (κ1) is 14.2. The van der Waals surface area contributed by atoms with Crippen LogP contribution in [0.4, 0.5) is 5.82 Å². The number of hydrogen-bond acceptors (Lipinski definition) is 4. The van der Waals surface area contributed by atoms with Gasteiger partial charge in [0.05, 0.1) is 21.1 Å². The van der Waals surface area contributed by atoms with Crippen LogP contribution in [0, 0.1) is 34.1 Å². The van der Waals surface area contributed by atoms with Gasteiger partial charge in [-0.25, -0.2) is 4.98 Å². The van der Waals surface area contributed by atoms with Crippen molar-refractivity contribution >= 4 is 34.3 Å². The van der Waals surface area contributed by atoms with Gasteiger partial charge in [0.2, 0.25) is 11.9 Å². The van der Waals surface area contributed by atoms with E-state index in [1.54, 1.807) is 0 Å². The van der Waals surface area contributed by atoms with Crippen molar-refractivity contribution in [3.8, 4) is 0 Å². The molecule has 0 aromatic carbocycles. The molecule has 5 atom stereocenters. The summed E-state index contributed by atoms with van der Waals surface area (Å²) in [5.74, 6) is 1.15. The maximum Gasteiger partial charge on any atom is 0.237 e. The van der Waals surface area contributed by atoms with Crippen molar-refractivity contribution < 1.29 is 9.72 Å². The van der Waals surface area contributed by atoms with Gasteiger partial charge in [0.1, 0.15) is 5.82 Å². The number of halogens is 1. The van der Waals surface area contributed by atoms with Gasteiger partial charge in [-0.1, -0.05) is 28.7 Å². The van der Waals surface area contributed by atoms with Crippen LogP contribution in [-0.4, -0.2) is 25.8 Å². The summed E-state index contributed by atoms with van der Waals surface area (Å²) in [6.45, 7) is 0. The summed E-state index contributed by atoms with van der Waals surface area (Å²) in [6.07, 6.45) is 4.30. The highest BCUT2D eigenvalue weighted by molar-refractivity contribution is 14.1. The van der Waals surface area contributed by atoms with Crippen LogP contribution in [0.5, 0.6) is 0 Å². The van der Waals surface area contributed by atoms with Crippen LogP contribution in [0.3, 0.4) is 0 Å². The number of nitrogens with one attached hydrogen (secondary N) is 1. The van der Waals surface area contributed by atoms with E-state index in [9.17, 15) is 14.9 Å². The van der Waals surface area contributed by atoms with E-state index >= 15 is 0 Å². The van der Waals surface area contributed by atoms with Crippen molar-refractivity contribution in [2.45, 2.75) is 41.1 Å². The topological polar surface area (TPSA) is 85.1 Å². The van der Waals surface area contributed by atoms with E-state index in [0.717, 1.165) is 18.4 Å². The summed E-state index contributed by atoms with van der Waals surface area (Å²) in [7, 11) is 0. The second-order valence-corrected chi connectivity index (χ2v) is 8.16. The van der Waals surface area contributed by atoms with Gasteiger partial charge in [0, 0.05) is 11.3 Å². The quantitative estimate of drug-likeness (QED) is 0.332. The number of fused-ring (bicyclic) bond motifs is 3. The molecule has 2 fully saturated rings. The summed E-state index contributed by atoms with van der Waals surface area (Å²) in [6, 6.07) is 5.41. The predicted molar refractivity (Wildman–Crippen MR) is 86.3 cm³/mol. The number of nitro groups is 1. The van der Waals surface area contributed by atoms with Gasteiger partial charge in [-0.15, -0.1) is 0 Å². The van der Waals surface area contributed by atoms with Gasteiger partial charge in [0.15, 0.2) is 0 Å². The number of carbonyl (C=O) groups excluding carboxylic acids is 1. The van der Waals surface area contributed by atoms with Gasteiger partial charge < -0.3 is 5.32 Å². The summed E-state index contributed by atoms with van der Waals surface area (Å²) in [4.78, 5) is 27.8. The molecule has 1 N–H and O–H groups in total. The molecule has 2 aliphatic carbocycles. The summed E-state index contributed by atoms with van der Waals surface area (Å²) in [5.41, 5.74) is 0.203. The number of carbonyl (C=O) groups is 1. The fraction of sp³-hybridized carbons (Fsp3) is 0.600. The van der Waals surface area contributed by atoms with Crippen LogP contribution in [0.25, 0.3) is 0 Å². The lowest BCUT2D eigenvalue weighted by molar-refractivity contribution is -0.525. The monoisotopic (exact) mass is 411 g/mol. The molecular formula is C15H14IN3O3. The first-order valence-electron chi connectivity index (χ1n) is 7.39. The van der Waals surface area contributed by atoms with E-state index in [0.29, 0.717) is 24.6 Å². The van der Waals surface area contributed by atoms with Gasteiger partial charge in [0.25, 0.3) is 0 Å². The zero-order valence-electron chi connectivity index (χ0n) is 11.7. The average molecular weight is 411 g/mol. The SMILES string of the molecule is O=C1Nc2ncc#cc2C12CC1CC(I)C([N+](=O)[O-])C[C@@H]1C2. The molecule has 7 heteroatoms. The van der Waals surface area contributed by atoms with Crippen LogP contribution in [0.15, 0.2) is 6.20 Å². The Morgan fingerprint density at radius 3 is 2.86 bits per heavy atom. The minimum absolute atomic E-state index is 0.0251. The van der Waals surface area contributed by atoms with E-state index in [1.165, 1.54) is 6.20 Å². The molecule has 1 amide bonds. The minimum Gasteiger partial charge on any atom is -0.309 e. The van der Waals surface area contributed by atoms with Crippen molar-refractivity contribution in [1.29, 1.82) is 0 Å². The lowest BCUT2D eigenvalue weighted by Crippen LogP contribution is -2.38. The number of nitrogens with zero attached hydrogens (tertiary/aromatic N) is 2. The normalized spacial score (nSPS) is 39.0. The van der Waals surface area contributed by atoms with Gasteiger partial charge >= 0.3 is 0 Å². The number of amides is 1. The van der Waals surface area contributed by atoms with Crippen LogP contribution >= 0.6 is 22.6 Å². The van der Waals surface area contributed by atoms with Crippen LogP contribution in [-0.2, 0) is 10.2 Å². The number of aromatic nitrogens is 1. The first-order valence-corrected chi connectivity index (χ1v) is 8.64. The van der Waals surface area contributed by atoms with Crippen LogP contribution in [0.1, 0.15) is 31.2 Å². The molecule has 114 valence electrons. The Balaban J connectivity index is 1.68. The number of hydrogen-bond donors (Lipinski definition) is 1. The average Bonchev–Trinajstić information content (AvgIpc) is 2.97. The Morgan fingerprint density at radius 2 is 2.14 bits per heavy atom. The molecule has 2 saturated carbocycles. The first-order chi connectivity index (χ1) is 10.5. The van der Waals surface area contributed by atoms with Crippen molar-refractivity contribution in [3.05, 3.63) is 34.0 Å². The molecule has 1 spiro atoms. The van der Waals surface area contributed by atoms with E-state index in [-0.39, 0.29) is 20.7 Å². The number of anilines is 1. The summed E-state index contributed by atoms with van der Waals surface area (Å²) >= 11 is 2.20. The Hall–Kier alpha value is -1.43. The van der Waals surface area contributed by atoms with Gasteiger partial charge in [-0.05, 0) is 37.2 Å². The fourth-order valence-corrected chi connectivity index (χ4v) is 5.69. The Labute approximate surface area is 141 Å². The minimum atomic E-state index is -0.600. The molecule has 0 radical (unpaired) electrons. The molecule has 1 aromatic rings. The fourth-order valence-electron chi connectivity index (χ4n) is 4.48. The molecule has 1 aromatic heterocycles. The lowest BCUT2D eigenvalue weighted by atomic mass is 9.79. The third kappa shape index (κ3) is 1.86. The van der Waals surface area contributed by atoms with Gasteiger partial charge in [-0.2, -0.15) is 0 Å². The maximum absolute atomic E-state index is 12.6. The number of alkyl halides is 1. The third-order valence-corrected chi connectivity index (χ3v) is 6.82. The highest BCUT2D eigenvalue weighted by atomic mass is 127. The molecular weight excluding hydrogens is 397 g/mol. The van der Waals surface area contributed by atoms with Crippen molar-refractivity contribution in [3.63, 3.8) is 0 Å². The molecule has 4 unspecified atom stereocenters. The second kappa shape index (κ2) is 4.78. The van der Waals surface area contributed by atoms with Crippen molar-refractivity contribution in [2.75, 3.05) is 5.32 Å². The molecule has 1 aliphatic heterocycles. The molecule has 0 bridgehead atoms. The highest BCUT2D eigenvalue weighted by Crippen LogP contribution is 2.56. The molecule has 2 heterocycles. The molecule has 22 heavy (non-hydrogen) atoms. The largest absolute Gasteiger partial charge is 0.309 e. The van der Waals surface area contributed by atoms with Crippen molar-refractivity contribution in [2.24, 2.45) is 11.8 Å². The Kier molecular flexibility index (Phi) is 3.08. The van der Waals surface area contributed by atoms with Crippen LogP contribution in [0.2, 0.25) is 0 Å². The summed E-state index contributed by atoms with van der Waals surface area (Å²) < 4.78 is 0.0392. The predicted octanol–water partition coefficient (Wildman–Crippen LogP) is 2.14. The Morgan fingerprint density at radius 1 is 1.41 bits per heavy atom. The highest BCUT2D eigenvalue weighted by Gasteiger charge is 2.59. The zero-order valence-corrected chi connectivity index (χ0v) is 13.9. The molecule has 0 saturated heterocycles. The van der Waals surface area contributed by atoms with Crippen LogP contribution < -0.4 is 5.32 Å². The third-order valence-electron chi connectivity index (χ3n) is 5.49. The van der Waals surface area contributed by atoms with E-state index < -0.39 is 11.5 Å². The lowest BCUT2D eigenvalue weighted by Gasteiger charge is -2.30. The second-order valence-electron chi connectivity index (χ2n) is 6.56. The summed E-state index contributed by atoms with van der Waals surface area (Å²) in [5, 5.41) is 14.1. The van der Waals surface area contributed by atoms with Gasteiger partial charge in [-0.3, -0.25) is 14.9 Å². The molecule has 6 nitrogen and oxygen atoms in total. The molecule has 3 aliphatic rings. The van der Waals surface area contributed by atoms with E-state index in [2.05, 4.69) is 45.0 Å².